The Bertz CT molecular complexity index is 1320. The number of hydrogen-bond acceptors (Lipinski definition) is 5. The van der Waals surface area contributed by atoms with Gasteiger partial charge >= 0.3 is 5.97 Å². The summed E-state index contributed by atoms with van der Waals surface area (Å²) in [6.07, 6.45) is 0.997. The third kappa shape index (κ3) is 4.93. The number of nitrogens with zero attached hydrogens (tertiary/aromatic N) is 1. The molecular formula is C26H28N2O5S. The molecule has 0 amide bonds. The van der Waals surface area contributed by atoms with Crippen molar-refractivity contribution in [3.8, 4) is 16.9 Å². The van der Waals surface area contributed by atoms with Crippen LogP contribution in [0.15, 0.2) is 65.6 Å². The number of carboxylic acid groups (broad SMARTS) is 1. The Kier molecular flexibility index (Phi) is 6.63. The van der Waals surface area contributed by atoms with Gasteiger partial charge in [0.15, 0.2) is 0 Å². The van der Waals surface area contributed by atoms with Gasteiger partial charge in [0.2, 0.25) is 0 Å². The first-order valence-electron chi connectivity index (χ1n) is 11.0. The van der Waals surface area contributed by atoms with Gasteiger partial charge in [-0.15, -0.1) is 0 Å². The van der Waals surface area contributed by atoms with Crippen molar-refractivity contribution >= 4 is 21.7 Å². The summed E-state index contributed by atoms with van der Waals surface area (Å²) in [5, 5.41) is 9.15. The van der Waals surface area contributed by atoms with E-state index in [2.05, 4.69) is 16.7 Å². The molecule has 1 fully saturated rings. The normalized spacial score (nSPS) is 16.4. The molecule has 7 nitrogen and oxygen atoms in total. The van der Waals surface area contributed by atoms with Crippen LogP contribution >= 0.6 is 0 Å². The van der Waals surface area contributed by atoms with Crippen molar-refractivity contribution in [2.24, 2.45) is 0 Å². The second-order valence-corrected chi connectivity index (χ2v) is 10.4. The number of nitrogens with one attached hydrogen (secondary N) is 1. The number of aromatic carboxylic acids is 1. The molecule has 0 aromatic heterocycles. The Hall–Kier alpha value is -3.36. The van der Waals surface area contributed by atoms with Gasteiger partial charge in [0.25, 0.3) is 10.0 Å². The minimum atomic E-state index is -3.79. The van der Waals surface area contributed by atoms with Crippen LogP contribution in [0.1, 0.15) is 33.8 Å². The molecule has 0 radical (unpaired) electrons. The number of likely N-dealkylation sites (tertiary alicyclic amines) is 1. The highest BCUT2D eigenvalue weighted by atomic mass is 32.2. The van der Waals surface area contributed by atoms with Gasteiger partial charge < -0.3 is 14.7 Å². The summed E-state index contributed by atoms with van der Waals surface area (Å²) in [6.45, 7) is 3.73. The van der Waals surface area contributed by atoms with E-state index in [1.807, 2.05) is 13.0 Å². The van der Waals surface area contributed by atoms with Crippen LogP contribution in [-0.4, -0.2) is 51.6 Å². The van der Waals surface area contributed by atoms with Crippen LogP contribution in [0.4, 0.5) is 5.69 Å². The number of carboxylic acids is 1. The first kappa shape index (κ1) is 23.8. The maximum absolute atomic E-state index is 13.1. The average Bonchev–Trinajstić information content (AvgIpc) is 3.25. The molecule has 34 heavy (non-hydrogen) atoms. The molecule has 1 atom stereocenters. The van der Waals surface area contributed by atoms with Crippen molar-refractivity contribution in [2.45, 2.75) is 24.2 Å². The molecule has 3 aromatic carbocycles. The molecule has 2 N–H and O–H groups in total. The van der Waals surface area contributed by atoms with Crippen LogP contribution in [0.25, 0.3) is 11.1 Å². The molecule has 1 heterocycles. The molecule has 8 heteroatoms. The fourth-order valence-electron chi connectivity index (χ4n) is 4.45. The van der Waals surface area contributed by atoms with Gasteiger partial charge in [0, 0.05) is 23.7 Å². The van der Waals surface area contributed by atoms with Crippen LogP contribution < -0.4 is 9.46 Å². The van der Waals surface area contributed by atoms with Gasteiger partial charge in [0.1, 0.15) is 5.75 Å². The van der Waals surface area contributed by atoms with Gasteiger partial charge in [-0.3, -0.25) is 4.72 Å². The second-order valence-electron chi connectivity index (χ2n) is 8.67. The van der Waals surface area contributed by atoms with Crippen LogP contribution in [0.5, 0.6) is 5.75 Å². The van der Waals surface area contributed by atoms with E-state index in [1.165, 1.54) is 0 Å². The number of likely N-dealkylation sites (N-methyl/N-ethyl adjacent to an activating group) is 1. The predicted octanol–water partition coefficient (Wildman–Crippen LogP) is 4.59. The minimum Gasteiger partial charge on any atom is -0.496 e. The fourth-order valence-corrected chi connectivity index (χ4v) is 5.50. The number of ether oxygens (including phenoxy) is 1. The molecule has 1 aliphatic rings. The number of sulfonamides is 1. The lowest BCUT2D eigenvalue weighted by Gasteiger charge is -2.17. The molecule has 0 bridgehead atoms. The quantitative estimate of drug-likeness (QED) is 0.514. The molecule has 1 unspecified atom stereocenters. The van der Waals surface area contributed by atoms with E-state index in [0.717, 1.165) is 47.5 Å². The summed E-state index contributed by atoms with van der Waals surface area (Å²) in [6, 6.07) is 16.8. The SMILES string of the molecule is COc1ccc(NS(=O)(=O)c2ccc(-c3ccc(C(=O)O)cc3C)cc2)cc1C1CCN(C)C1. The molecule has 0 spiro atoms. The third-order valence-electron chi connectivity index (χ3n) is 6.26. The summed E-state index contributed by atoms with van der Waals surface area (Å²) in [5.74, 6) is 0.0696. The Balaban J connectivity index is 1.57. The summed E-state index contributed by atoms with van der Waals surface area (Å²) in [4.78, 5) is 13.6. The van der Waals surface area contributed by atoms with Crippen LogP contribution in [0.3, 0.4) is 0 Å². The predicted molar refractivity (Wildman–Crippen MR) is 132 cm³/mol. The van der Waals surface area contributed by atoms with Crippen LogP contribution in [0, 0.1) is 6.92 Å². The van der Waals surface area contributed by atoms with Crippen molar-refractivity contribution in [3.63, 3.8) is 0 Å². The Morgan fingerprint density at radius 2 is 1.82 bits per heavy atom. The van der Waals surface area contributed by atoms with Crippen molar-refractivity contribution in [2.75, 3.05) is 32.0 Å². The zero-order valence-corrected chi connectivity index (χ0v) is 20.2. The zero-order chi connectivity index (χ0) is 24.5. The first-order chi connectivity index (χ1) is 16.2. The maximum Gasteiger partial charge on any atom is 0.335 e. The largest absolute Gasteiger partial charge is 0.496 e. The van der Waals surface area contributed by atoms with E-state index in [1.54, 1.807) is 61.7 Å². The van der Waals surface area contributed by atoms with E-state index >= 15 is 0 Å². The third-order valence-corrected chi connectivity index (χ3v) is 7.66. The lowest BCUT2D eigenvalue weighted by atomic mass is 9.97. The van der Waals surface area contributed by atoms with Gasteiger partial charge in [-0.05, 0) is 86.1 Å². The molecular weight excluding hydrogens is 452 g/mol. The molecule has 3 aromatic rings. The molecule has 1 aliphatic heterocycles. The van der Waals surface area contributed by atoms with E-state index in [4.69, 9.17) is 9.84 Å². The van der Waals surface area contributed by atoms with E-state index in [0.29, 0.717) is 11.6 Å². The molecule has 0 aliphatic carbocycles. The minimum absolute atomic E-state index is 0.147. The number of benzene rings is 3. The summed E-state index contributed by atoms with van der Waals surface area (Å²) < 4.78 is 34.3. The summed E-state index contributed by atoms with van der Waals surface area (Å²) >= 11 is 0. The highest BCUT2D eigenvalue weighted by Crippen LogP contribution is 2.35. The standard InChI is InChI=1S/C26H28N2O5S/c1-17-14-19(26(29)30)6-10-23(17)18-4-8-22(9-5-18)34(31,32)27-21-7-11-25(33-3)24(15-21)20-12-13-28(2)16-20/h4-11,14-15,20,27H,12-13,16H2,1-3H3,(H,29,30). The first-order valence-corrected chi connectivity index (χ1v) is 12.5. The van der Waals surface area contributed by atoms with Crippen LogP contribution in [-0.2, 0) is 10.0 Å². The Morgan fingerprint density at radius 1 is 1.09 bits per heavy atom. The Labute approximate surface area is 200 Å². The lowest BCUT2D eigenvalue weighted by molar-refractivity contribution is 0.0696. The van der Waals surface area contributed by atoms with Crippen molar-refractivity contribution in [3.05, 3.63) is 77.4 Å². The molecule has 178 valence electrons. The van der Waals surface area contributed by atoms with Gasteiger partial charge in [-0.2, -0.15) is 0 Å². The highest BCUT2D eigenvalue weighted by molar-refractivity contribution is 7.92. The van der Waals surface area contributed by atoms with Gasteiger partial charge in [-0.1, -0.05) is 18.2 Å². The average molecular weight is 481 g/mol. The number of anilines is 1. The smallest absolute Gasteiger partial charge is 0.335 e. The molecule has 0 saturated carbocycles. The number of carbonyl (C=O) groups is 1. The number of methoxy groups -OCH3 is 1. The van der Waals surface area contributed by atoms with Gasteiger partial charge in [-0.25, -0.2) is 13.2 Å². The molecule has 1 saturated heterocycles. The Morgan fingerprint density at radius 3 is 2.41 bits per heavy atom. The van der Waals surface area contributed by atoms with E-state index < -0.39 is 16.0 Å². The van der Waals surface area contributed by atoms with Crippen molar-refractivity contribution < 1.29 is 23.1 Å². The number of hydrogen-bond donors (Lipinski definition) is 2. The number of aryl methyl sites for hydroxylation is 1. The zero-order valence-electron chi connectivity index (χ0n) is 19.4. The summed E-state index contributed by atoms with van der Waals surface area (Å²) in [5.41, 5.74) is 4.18. The molecule has 4 rings (SSSR count). The topological polar surface area (TPSA) is 95.9 Å². The highest BCUT2D eigenvalue weighted by Gasteiger charge is 2.25. The maximum atomic E-state index is 13.1. The van der Waals surface area contributed by atoms with Crippen LogP contribution in [0.2, 0.25) is 0 Å². The fraction of sp³-hybridized carbons (Fsp3) is 0.269. The monoisotopic (exact) mass is 480 g/mol. The van der Waals surface area contributed by atoms with Gasteiger partial charge in [0.05, 0.1) is 17.6 Å². The van der Waals surface area contributed by atoms with E-state index in [-0.39, 0.29) is 10.5 Å². The van der Waals surface area contributed by atoms with Crippen molar-refractivity contribution in [1.29, 1.82) is 0 Å². The van der Waals surface area contributed by atoms with Crippen molar-refractivity contribution in [1.82, 2.24) is 4.90 Å². The second kappa shape index (κ2) is 9.48. The van der Waals surface area contributed by atoms with E-state index in [9.17, 15) is 13.2 Å². The number of rotatable bonds is 7. The summed E-state index contributed by atoms with van der Waals surface area (Å²) in [7, 11) is -0.0910. The lowest BCUT2D eigenvalue weighted by Crippen LogP contribution is -2.15.